The molecule has 1 fully saturated rings. The van der Waals surface area contributed by atoms with Crippen LogP contribution in [0.25, 0.3) is 0 Å². The number of aromatic nitrogens is 1. The number of alkyl halides is 3. The number of hydrogen-bond donors (Lipinski definition) is 0. The fourth-order valence-corrected chi connectivity index (χ4v) is 4.06. The molecule has 0 aliphatic carbocycles. The SMILES string of the molecule is Cc1cccc(SC2CCOC(c3cncc(C(F)(F)F)c3)C2)c1. The van der Waals surface area contributed by atoms with Crippen LogP contribution in [0.5, 0.6) is 0 Å². The van der Waals surface area contributed by atoms with Crippen LogP contribution >= 0.6 is 11.8 Å². The molecule has 2 nitrogen and oxygen atoms in total. The van der Waals surface area contributed by atoms with Crippen molar-refractivity contribution in [1.82, 2.24) is 4.98 Å². The second kappa shape index (κ2) is 7.15. The minimum absolute atomic E-state index is 0.320. The molecule has 128 valence electrons. The largest absolute Gasteiger partial charge is 0.417 e. The highest BCUT2D eigenvalue weighted by Gasteiger charge is 2.32. The number of ether oxygens (including phenoxy) is 1. The second-order valence-corrected chi connectivity index (χ2v) is 7.32. The van der Waals surface area contributed by atoms with Gasteiger partial charge < -0.3 is 4.74 Å². The third-order valence-corrected chi connectivity index (χ3v) is 5.27. The van der Waals surface area contributed by atoms with Gasteiger partial charge in [0, 0.05) is 29.1 Å². The summed E-state index contributed by atoms with van der Waals surface area (Å²) in [6.45, 7) is 2.59. The number of halogens is 3. The van der Waals surface area contributed by atoms with Crippen molar-refractivity contribution in [2.75, 3.05) is 6.61 Å². The van der Waals surface area contributed by atoms with E-state index in [1.807, 2.05) is 19.1 Å². The first-order valence-corrected chi connectivity index (χ1v) is 8.67. The average molecular weight is 353 g/mol. The van der Waals surface area contributed by atoms with Gasteiger partial charge in [-0.05, 0) is 43.5 Å². The fraction of sp³-hybridized carbons (Fsp3) is 0.389. The van der Waals surface area contributed by atoms with Crippen LogP contribution in [0.2, 0.25) is 0 Å². The highest BCUT2D eigenvalue weighted by Crippen LogP contribution is 2.38. The molecule has 1 saturated heterocycles. The van der Waals surface area contributed by atoms with Crippen LogP contribution < -0.4 is 0 Å². The van der Waals surface area contributed by atoms with Crippen molar-refractivity contribution in [3.05, 3.63) is 59.4 Å². The highest BCUT2D eigenvalue weighted by molar-refractivity contribution is 8.00. The zero-order valence-electron chi connectivity index (χ0n) is 13.2. The van der Waals surface area contributed by atoms with Crippen LogP contribution in [0.15, 0.2) is 47.6 Å². The molecule has 1 aromatic heterocycles. The Morgan fingerprint density at radius 1 is 1.21 bits per heavy atom. The number of hydrogen-bond acceptors (Lipinski definition) is 3. The van der Waals surface area contributed by atoms with Gasteiger partial charge in [0.25, 0.3) is 0 Å². The fourth-order valence-electron chi connectivity index (χ4n) is 2.78. The smallest absolute Gasteiger partial charge is 0.373 e. The predicted molar refractivity (Wildman–Crippen MR) is 88.0 cm³/mol. The van der Waals surface area contributed by atoms with Crippen LogP contribution in [0.4, 0.5) is 13.2 Å². The Morgan fingerprint density at radius 3 is 2.79 bits per heavy atom. The van der Waals surface area contributed by atoms with Crippen LogP contribution in [-0.4, -0.2) is 16.8 Å². The van der Waals surface area contributed by atoms with E-state index in [1.165, 1.54) is 16.7 Å². The number of benzene rings is 1. The van der Waals surface area contributed by atoms with Crippen LogP contribution in [-0.2, 0) is 10.9 Å². The normalized spacial score (nSPS) is 21.7. The zero-order valence-corrected chi connectivity index (χ0v) is 14.0. The summed E-state index contributed by atoms with van der Waals surface area (Å²) in [5.41, 5.74) is 0.974. The summed E-state index contributed by atoms with van der Waals surface area (Å²) in [5.74, 6) is 0. The zero-order chi connectivity index (χ0) is 17.2. The summed E-state index contributed by atoms with van der Waals surface area (Å²) in [7, 11) is 0. The maximum absolute atomic E-state index is 12.9. The van der Waals surface area contributed by atoms with Crippen molar-refractivity contribution >= 4 is 11.8 Å². The lowest BCUT2D eigenvalue weighted by molar-refractivity contribution is -0.138. The topological polar surface area (TPSA) is 22.1 Å². The van der Waals surface area contributed by atoms with E-state index in [0.717, 1.165) is 18.7 Å². The quantitative estimate of drug-likeness (QED) is 0.735. The van der Waals surface area contributed by atoms with Gasteiger partial charge >= 0.3 is 6.18 Å². The summed E-state index contributed by atoms with van der Waals surface area (Å²) in [5, 5.41) is 0.320. The minimum Gasteiger partial charge on any atom is -0.373 e. The van der Waals surface area contributed by atoms with E-state index < -0.39 is 11.7 Å². The van der Waals surface area contributed by atoms with E-state index in [-0.39, 0.29) is 6.10 Å². The second-order valence-electron chi connectivity index (χ2n) is 5.94. The van der Waals surface area contributed by atoms with Crippen LogP contribution in [0.1, 0.15) is 35.6 Å². The molecule has 2 aromatic rings. The molecule has 0 radical (unpaired) electrons. The van der Waals surface area contributed by atoms with Gasteiger partial charge in [-0.2, -0.15) is 13.2 Å². The molecule has 1 aliphatic rings. The van der Waals surface area contributed by atoms with E-state index in [2.05, 4.69) is 17.1 Å². The van der Waals surface area contributed by atoms with Gasteiger partial charge in [-0.15, -0.1) is 11.8 Å². The highest BCUT2D eigenvalue weighted by atomic mass is 32.2. The third-order valence-electron chi connectivity index (χ3n) is 3.99. The lowest BCUT2D eigenvalue weighted by atomic mass is 10.0. The maximum Gasteiger partial charge on any atom is 0.417 e. The Bertz CT molecular complexity index is 705. The Morgan fingerprint density at radius 2 is 2.04 bits per heavy atom. The lowest BCUT2D eigenvalue weighted by Gasteiger charge is -2.29. The molecule has 0 spiro atoms. The van der Waals surface area contributed by atoms with Crippen molar-refractivity contribution < 1.29 is 17.9 Å². The van der Waals surface area contributed by atoms with E-state index in [1.54, 1.807) is 11.8 Å². The van der Waals surface area contributed by atoms with Gasteiger partial charge in [-0.1, -0.05) is 17.7 Å². The first-order valence-electron chi connectivity index (χ1n) is 7.79. The van der Waals surface area contributed by atoms with Gasteiger partial charge in [-0.3, -0.25) is 4.98 Å². The summed E-state index contributed by atoms with van der Waals surface area (Å²) in [6.07, 6.45) is -0.822. The molecule has 3 rings (SSSR count). The molecule has 24 heavy (non-hydrogen) atoms. The van der Waals surface area contributed by atoms with Gasteiger partial charge in [-0.25, -0.2) is 0 Å². The average Bonchev–Trinajstić information content (AvgIpc) is 2.54. The summed E-state index contributed by atoms with van der Waals surface area (Å²) < 4.78 is 44.3. The molecule has 0 N–H and O–H groups in total. The summed E-state index contributed by atoms with van der Waals surface area (Å²) >= 11 is 1.76. The van der Waals surface area contributed by atoms with E-state index in [0.29, 0.717) is 23.8 Å². The molecule has 2 heterocycles. The van der Waals surface area contributed by atoms with Crippen LogP contribution in [0, 0.1) is 6.92 Å². The van der Waals surface area contributed by atoms with Crippen molar-refractivity contribution in [3.63, 3.8) is 0 Å². The third kappa shape index (κ3) is 4.30. The van der Waals surface area contributed by atoms with Gasteiger partial charge in [0.1, 0.15) is 0 Å². The van der Waals surface area contributed by atoms with E-state index >= 15 is 0 Å². The van der Waals surface area contributed by atoms with Crippen molar-refractivity contribution in [2.24, 2.45) is 0 Å². The summed E-state index contributed by atoms with van der Waals surface area (Å²) in [4.78, 5) is 4.92. The number of pyridine rings is 1. The van der Waals surface area contributed by atoms with E-state index in [4.69, 9.17) is 4.74 Å². The molecule has 2 atom stereocenters. The standard InChI is InChI=1S/C18H18F3NOS/c1-12-3-2-4-15(7-12)24-16-5-6-23-17(9-16)13-8-14(11-22-10-13)18(19,20)21/h2-4,7-8,10-11,16-17H,5-6,9H2,1H3. The van der Waals surface area contributed by atoms with Crippen molar-refractivity contribution in [3.8, 4) is 0 Å². The van der Waals surface area contributed by atoms with Gasteiger partial charge in [0.05, 0.1) is 11.7 Å². The Balaban J connectivity index is 1.71. The number of aryl methyl sites for hydroxylation is 1. The molecule has 1 aromatic carbocycles. The Hall–Kier alpha value is -1.53. The minimum atomic E-state index is -4.38. The van der Waals surface area contributed by atoms with E-state index in [9.17, 15) is 13.2 Å². The summed E-state index contributed by atoms with van der Waals surface area (Å²) in [6, 6.07) is 9.41. The molecular formula is C18H18F3NOS. The molecular weight excluding hydrogens is 335 g/mol. The molecule has 2 unspecified atom stereocenters. The van der Waals surface area contributed by atoms with Crippen molar-refractivity contribution in [2.45, 2.75) is 42.2 Å². The first-order chi connectivity index (χ1) is 11.4. The van der Waals surface area contributed by atoms with Gasteiger partial charge in [0.2, 0.25) is 0 Å². The Kier molecular flexibility index (Phi) is 5.15. The molecule has 0 saturated carbocycles. The number of rotatable bonds is 3. The molecule has 0 amide bonds. The lowest BCUT2D eigenvalue weighted by Crippen LogP contribution is -2.22. The monoisotopic (exact) mass is 353 g/mol. The number of thioether (sulfide) groups is 1. The first kappa shape index (κ1) is 17.3. The van der Waals surface area contributed by atoms with Gasteiger partial charge in [0.15, 0.2) is 0 Å². The van der Waals surface area contributed by atoms with Crippen molar-refractivity contribution in [1.29, 1.82) is 0 Å². The maximum atomic E-state index is 12.9. The predicted octanol–water partition coefficient (Wildman–Crippen LogP) is 5.42. The Labute approximate surface area is 143 Å². The molecule has 1 aliphatic heterocycles. The molecule has 6 heteroatoms. The number of nitrogens with zero attached hydrogens (tertiary/aromatic N) is 1. The van der Waals surface area contributed by atoms with Crippen LogP contribution in [0.3, 0.4) is 0 Å². The molecule has 0 bridgehead atoms.